The topological polar surface area (TPSA) is 35.2 Å². The van der Waals surface area contributed by atoms with Crippen molar-refractivity contribution >= 4 is 0 Å². The van der Waals surface area contributed by atoms with Crippen LogP contribution in [0.25, 0.3) is 0 Å². The van der Waals surface area contributed by atoms with Gasteiger partial charge in [0.15, 0.2) is 0 Å². The monoisotopic (exact) mass is 207 g/mol. The van der Waals surface area contributed by atoms with Gasteiger partial charge in [-0.3, -0.25) is 0 Å². The van der Waals surface area contributed by atoms with Gasteiger partial charge in [0.2, 0.25) is 0 Å². The molecule has 1 unspecified atom stereocenters. The number of aryl methyl sites for hydroxylation is 1. The maximum absolute atomic E-state index is 5.68. The van der Waals surface area contributed by atoms with Crippen molar-refractivity contribution in [3.05, 3.63) is 29.3 Å². The number of benzene rings is 1. The van der Waals surface area contributed by atoms with Crippen LogP contribution >= 0.6 is 0 Å². The van der Waals surface area contributed by atoms with E-state index in [1.807, 2.05) is 6.92 Å². The van der Waals surface area contributed by atoms with E-state index in [2.05, 4.69) is 32.0 Å². The molecule has 1 aromatic rings. The van der Waals surface area contributed by atoms with Gasteiger partial charge in [0, 0.05) is 0 Å². The summed E-state index contributed by atoms with van der Waals surface area (Å²) in [5.74, 6) is 1.35. The molecule has 0 aromatic heterocycles. The van der Waals surface area contributed by atoms with Gasteiger partial charge < -0.3 is 10.5 Å². The van der Waals surface area contributed by atoms with Crippen molar-refractivity contribution in [1.82, 2.24) is 0 Å². The predicted molar refractivity (Wildman–Crippen MR) is 64.5 cm³/mol. The average molecular weight is 207 g/mol. The summed E-state index contributed by atoms with van der Waals surface area (Å²) in [6.07, 6.45) is 1.04. The molecule has 1 atom stereocenters. The Balaban J connectivity index is 3.03. The molecule has 2 heteroatoms. The average Bonchev–Trinajstić information content (AvgIpc) is 2.28. The molecule has 1 rings (SSSR count). The van der Waals surface area contributed by atoms with Crippen LogP contribution in [0.4, 0.5) is 0 Å². The fraction of sp³-hybridized carbons (Fsp3) is 0.538. The van der Waals surface area contributed by atoms with Gasteiger partial charge in [-0.1, -0.05) is 26.0 Å². The van der Waals surface area contributed by atoms with Crippen LogP contribution < -0.4 is 10.5 Å². The summed E-state index contributed by atoms with van der Waals surface area (Å²) >= 11 is 0. The number of hydrogen-bond acceptors (Lipinski definition) is 2. The number of nitrogens with two attached hydrogens (primary N) is 1. The van der Waals surface area contributed by atoms with Gasteiger partial charge in [-0.25, -0.2) is 0 Å². The highest BCUT2D eigenvalue weighted by Crippen LogP contribution is 2.27. The largest absolute Gasteiger partial charge is 0.494 e. The quantitative estimate of drug-likeness (QED) is 0.805. The van der Waals surface area contributed by atoms with Gasteiger partial charge in [-0.05, 0) is 43.0 Å². The summed E-state index contributed by atoms with van der Waals surface area (Å²) in [7, 11) is 0. The molecule has 0 aliphatic heterocycles. The minimum Gasteiger partial charge on any atom is -0.494 e. The standard InChI is InChI=1S/C13H21NO/c1-4-11-6-7-12(10(3)9-14)13(8-11)15-5-2/h6-8,10H,4-5,9,14H2,1-3H3. The van der Waals surface area contributed by atoms with Crippen LogP contribution in [0.2, 0.25) is 0 Å². The zero-order valence-corrected chi connectivity index (χ0v) is 9.92. The second kappa shape index (κ2) is 5.76. The van der Waals surface area contributed by atoms with Crippen LogP contribution in [0.5, 0.6) is 5.75 Å². The van der Waals surface area contributed by atoms with E-state index >= 15 is 0 Å². The highest BCUT2D eigenvalue weighted by Gasteiger charge is 2.10. The summed E-state index contributed by atoms with van der Waals surface area (Å²) < 4.78 is 5.65. The lowest BCUT2D eigenvalue weighted by molar-refractivity contribution is 0.334. The first-order valence-corrected chi connectivity index (χ1v) is 5.68. The van der Waals surface area contributed by atoms with Crippen molar-refractivity contribution in [3.8, 4) is 5.75 Å². The molecule has 0 fully saturated rings. The van der Waals surface area contributed by atoms with Crippen LogP contribution in [0.1, 0.15) is 37.8 Å². The van der Waals surface area contributed by atoms with E-state index in [0.717, 1.165) is 12.2 Å². The van der Waals surface area contributed by atoms with E-state index in [4.69, 9.17) is 10.5 Å². The van der Waals surface area contributed by atoms with Crippen molar-refractivity contribution < 1.29 is 4.74 Å². The molecule has 0 heterocycles. The van der Waals surface area contributed by atoms with Gasteiger partial charge >= 0.3 is 0 Å². The normalized spacial score (nSPS) is 12.5. The van der Waals surface area contributed by atoms with Crippen LogP contribution in [0, 0.1) is 0 Å². The van der Waals surface area contributed by atoms with Crippen LogP contribution in [-0.4, -0.2) is 13.2 Å². The first-order chi connectivity index (χ1) is 7.22. The highest BCUT2D eigenvalue weighted by atomic mass is 16.5. The Morgan fingerprint density at radius 3 is 2.60 bits per heavy atom. The molecule has 84 valence electrons. The van der Waals surface area contributed by atoms with Crippen molar-refractivity contribution in [2.75, 3.05) is 13.2 Å². The van der Waals surface area contributed by atoms with Crippen molar-refractivity contribution in [1.29, 1.82) is 0 Å². The third-order valence-corrected chi connectivity index (χ3v) is 2.67. The Labute approximate surface area is 92.4 Å². The van der Waals surface area contributed by atoms with Gasteiger partial charge in [0.25, 0.3) is 0 Å². The van der Waals surface area contributed by atoms with Gasteiger partial charge in [-0.2, -0.15) is 0 Å². The Hall–Kier alpha value is -1.02. The highest BCUT2D eigenvalue weighted by molar-refractivity contribution is 5.40. The van der Waals surface area contributed by atoms with Crippen molar-refractivity contribution in [2.24, 2.45) is 5.73 Å². The molecule has 1 aromatic carbocycles. The second-order valence-electron chi connectivity index (χ2n) is 3.80. The lowest BCUT2D eigenvalue weighted by atomic mass is 9.98. The minimum atomic E-state index is 0.359. The van der Waals surface area contributed by atoms with Gasteiger partial charge in [-0.15, -0.1) is 0 Å². The number of ether oxygens (including phenoxy) is 1. The van der Waals surface area contributed by atoms with E-state index in [9.17, 15) is 0 Å². The van der Waals surface area contributed by atoms with Gasteiger partial charge in [0.1, 0.15) is 5.75 Å². The van der Waals surface area contributed by atoms with E-state index < -0.39 is 0 Å². The third kappa shape index (κ3) is 2.96. The molecule has 0 bridgehead atoms. The van der Waals surface area contributed by atoms with Crippen LogP contribution in [0.3, 0.4) is 0 Å². The molecule has 2 N–H and O–H groups in total. The molecule has 2 nitrogen and oxygen atoms in total. The summed E-state index contributed by atoms with van der Waals surface area (Å²) in [6.45, 7) is 7.65. The molecule has 0 saturated heterocycles. The van der Waals surface area contributed by atoms with E-state index in [1.165, 1.54) is 11.1 Å². The Morgan fingerprint density at radius 2 is 2.07 bits per heavy atom. The zero-order valence-electron chi connectivity index (χ0n) is 9.92. The molecular formula is C13H21NO. The molecular weight excluding hydrogens is 186 g/mol. The summed E-state index contributed by atoms with van der Waals surface area (Å²) in [5, 5.41) is 0. The summed E-state index contributed by atoms with van der Waals surface area (Å²) in [5.41, 5.74) is 8.21. The molecule has 0 aliphatic rings. The lowest BCUT2D eigenvalue weighted by Gasteiger charge is -2.16. The zero-order chi connectivity index (χ0) is 11.3. The Kier molecular flexibility index (Phi) is 4.63. The number of rotatable bonds is 5. The smallest absolute Gasteiger partial charge is 0.123 e. The summed E-state index contributed by atoms with van der Waals surface area (Å²) in [6, 6.07) is 6.43. The van der Waals surface area contributed by atoms with Crippen LogP contribution in [-0.2, 0) is 6.42 Å². The van der Waals surface area contributed by atoms with Crippen molar-refractivity contribution in [2.45, 2.75) is 33.1 Å². The first-order valence-electron chi connectivity index (χ1n) is 5.68. The fourth-order valence-electron chi connectivity index (χ4n) is 1.61. The molecule has 0 aliphatic carbocycles. The summed E-state index contributed by atoms with van der Waals surface area (Å²) in [4.78, 5) is 0. The maximum Gasteiger partial charge on any atom is 0.123 e. The van der Waals surface area contributed by atoms with Gasteiger partial charge in [0.05, 0.1) is 6.61 Å². The lowest BCUT2D eigenvalue weighted by Crippen LogP contribution is -2.10. The Morgan fingerprint density at radius 1 is 1.33 bits per heavy atom. The molecule has 0 amide bonds. The molecule has 0 radical (unpaired) electrons. The van der Waals surface area contributed by atoms with E-state index in [1.54, 1.807) is 0 Å². The molecule has 0 saturated carbocycles. The van der Waals surface area contributed by atoms with E-state index in [0.29, 0.717) is 19.1 Å². The fourth-order valence-corrected chi connectivity index (χ4v) is 1.61. The predicted octanol–water partition coefficient (Wildman–Crippen LogP) is 2.71. The van der Waals surface area contributed by atoms with E-state index in [-0.39, 0.29) is 0 Å². The molecule has 0 spiro atoms. The minimum absolute atomic E-state index is 0.359. The van der Waals surface area contributed by atoms with Crippen LogP contribution in [0.15, 0.2) is 18.2 Å². The first kappa shape index (κ1) is 12.1. The number of hydrogen-bond donors (Lipinski definition) is 1. The molecule has 15 heavy (non-hydrogen) atoms. The Bertz CT molecular complexity index is 309. The SMILES string of the molecule is CCOc1cc(CC)ccc1C(C)CN. The third-order valence-electron chi connectivity index (χ3n) is 2.67. The van der Waals surface area contributed by atoms with Crippen molar-refractivity contribution in [3.63, 3.8) is 0 Å². The second-order valence-corrected chi connectivity index (χ2v) is 3.80. The maximum atomic E-state index is 5.68.